The number of piperazine rings is 1. The number of piperidine rings is 1. The Kier molecular flexibility index (Phi) is 6.47. The predicted molar refractivity (Wildman–Crippen MR) is 130 cm³/mol. The molecule has 0 radical (unpaired) electrons. The molecule has 1 N–H and O–H groups in total. The average molecular weight is 469 g/mol. The number of nitrogens with zero attached hydrogens (tertiary/aromatic N) is 3. The molecular weight excluding hydrogens is 436 g/mol. The van der Waals surface area contributed by atoms with Gasteiger partial charge in [0.25, 0.3) is 5.24 Å². The van der Waals surface area contributed by atoms with Crippen LogP contribution in [0.25, 0.3) is 6.08 Å². The average Bonchev–Trinajstić information content (AvgIpc) is 3.36. The van der Waals surface area contributed by atoms with E-state index in [2.05, 4.69) is 39.4 Å². The van der Waals surface area contributed by atoms with E-state index in [0.717, 1.165) is 52.0 Å². The van der Waals surface area contributed by atoms with Gasteiger partial charge in [0.2, 0.25) is 11.8 Å². The Bertz CT molecular complexity index is 921. The Labute approximate surface area is 199 Å². The van der Waals surface area contributed by atoms with Crippen molar-refractivity contribution < 1.29 is 14.4 Å². The van der Waals surface area contributed by atoms with Crippen LogP contribution in [-0.4, -0.2) is 89.4 Å². The molecule has 7 nitrogen and oxygen atoms in total. The second-order valence-corrected chi connectivity index (χ2v) is 10.7. The van der Waals surface area contributed by atoms with E-state index in [1.807, 2.05) is 23.1 Å². The summed E-state index contributed by atoms with van der Waals surface area (Å²) in [5, 5.41) is 2.64. The summed E-state index contributed by atoms with van der Waals surface area (Å²) >= 11 is 1.18. The zero-order valence-electron chi connectivity index (χ0n) is 18.9. The molecule has 4 fully saturated rings. The van der Waals surface area contributed by atoms with Crippen LogP contribution >= 0.6 is 11.8 Å². The highest BCUT2D eigenvalue weighted by molar-refractivity contribution is 8.14. The quantitative estimate of drug-likeness (QED) is 0.718. The van der Waals surface area contributed by atoms with Gasteiger partial charge in [-0.3, -0.25) is 19.3 Å². The maximum atomic E-state index is 13.2. The first-order chi connectivity index (χ1) is 16.0. The van der Waals surface area contributed by atoms with Crippen molar-refractivity contribution in [2.75, 3.05) is 51.6 Å². The van der Waals surface area contributed by atoms with Crippen LogP contribution in [0.1, 0.15) is 24.8 Å². The van der Waals surface area contributed by atoms with Gasteiger partial charge < -0.3 is 15.1 Å². The zero-order chi connectivity index (χ0) is 22.8. The number of benzene rings is 1. The molecule has 0 bridgehead atoms. The van der Waals surface area contributed by atoms with Crippen molar-refractivity contribution in [2.24, 2.45) is 11.3 Å². The first kappa shape index (κ1) is 22.5. The number of amides is 3. The largest absolute Gasteiger partial charge is 0.341 e. The maximum absolute atomic E-state index is 13.2. The van der Waals surface area contributed by atoms with Gasteiger partial charge in [0, 0.05) is 57.5 Å². The fourth-order valence-corrected chi connectivity index (χ4v) is 6.20. The fourth-order valence-electron chi connectivity index (χ4n) is 5.43. The second-order valence-electron chi connectivity index (χ2n) is 9.68. The first-order valence-electron chi connectivity index (χ1n) is 12.0. The van der Waals surface area contributed by atoms with E-state index < -0.39 is 0 Å². The normalized spacial score (nSPS) is 27.2. The molecule has 2 atom stereocenters. The summed E-state index contributed by atoms with van der Waals surface area (Å²) in [6.07, 6.45) is 7.11. The van der Waals surface area contributed by atoms with Crippen LogP contribution in [-0.2, 0) is 9.59 Å². The molecule has 1 aromatic carbocycles. The zero-order valence-corrected chi connectivity index (χ0v) is 19.8. The highest BCUT2D eigenvalue weighted by atomic mass is 32.2. The van der Waals surface area contributed by atoms with Gasteiger partial charge in [-0.1, -0.05) is 54.2 Å². The summed E-state index contributed by atoms with van der Waals surface area (Å²) < 4.78 is 0. The summed E-state index contributed by atoms with van der Waals surface area (Å²) in [5.41, 5.74) is 1.31. The smallest absolute Gasteiger partial charge is 0.279 e. The lowest BCUT2D eigenvalue weighted by atomic mass is 9.90. The minimum atomic E-state index is -0.382. The molecule has 3 saturated heterocycles. The van der Waals surface area contributed by atoms with E-state index >= 15 is 0 Å². The third kappa shape index (κ3) is 4.96. The number of hydrogen-bond donors (Lipinski definition) is 1. The molecule has 0 aromatic heterocycles. The molecule has 3 aliphatic heterocycles. The van der Waals surface area contributed by atoms with Crippen molar-refractivity contribution in [2.45, 2.75) is 25.3 Å². The number of rotatable bonds is 5. The lowest BCUT2D eigenvalue weighted by Crippen LogP contribution is -2.50. The van der Waals surface area contributed by atoms with Crippen LogP contribution in [0.3, 0.4) is 0 Å². The maximum Gasteiger partial charge on any atom is 0.279 e. The molecule has 1 spiro atoms. The van der Waals surface area contributed by atoms with E-state index in [0.29, 0.717) is 24.7 Å². The Hall–Kier alpha value is -2.32. The Morgan fingerprint density at radius 3 is 2.36 bits per heavy atom. The molecule has 1 saturated carbocycles. The number of thioether (sulfide) groups is 1. The highest BCUT2D eigenvalue weighted by Gasteiger charge is 2.59. The number of nitrogens with one attached hydrogen (secondary N) is 1. The van der Waals surface area contributed by atoms with E-state index in [4.69, 9.17) is 0 Å². The van der Waals surface area contributed by atoms with E-state index in [-0.39, 0.29) is 28.5 Å². The van der Waals surface area contributed by atoms with Crippen LogP contribution in [0, 0.1) is 11.3 Å². The molecule has 33 heavy (non-hydrogen) atoms. The molecule has 176 valence electrons. The lowest BCUT2D eigenvalue weighted by Gasteiger charge is -2.36. The van der Waals surface area contributed by atoms with Gasteiger partial charge in [0.05, 0.1) is 0 Å². The Balaban J connectivity index is 1.05. The number of carbonyl (C=O) groups excluding carboxylic acids is 3. The van der Waals surface area contributed by atoms with Crippen molar-refractivity contribution in [3.05, 3.63) is 42.0 Å². The molecule has 1 aromatic rings. The predicted octanol–water partition coefficient (Wildman–Crippen LogP) is 2.30. The molecule has 1 aliphatic carbocycles. The van der Waals surface area contributed by atoms with Crippen molar-refractivity contribution in [1.82, 2.24) is 20.0 Å². The minimum absolute atomic E-state index is 0.0316. The fraction of sp³-hybridized carbons (Fsp3) is 0.560. The lowest BCUT2D eigenvalue weighted by molar-refractivity contribution is -0.136. The molecule has 3 heterocycles. The summed E-state index contributed by atoms with van der Waals surface area (Å²) in [6.45, 7) is 5.73. The monoisotopic (exact) mass is 468 g/mol. The first-order valence-corrected chi connectivity index (χ1v) is 13.0. The Morgan fingerprint density at radius 1 is 1.00 bits per heavy atom. The molecular formula is C25H32N4O3S. The van der Waals surface area contributed by atoms with Crippen molar-refractivity contribution in [1.29, 1.82) is 0 Å². The summed E-state index contributed by atoms with van der Waals surface area (Å²) in [5.74, 6) is 0.993. The van der Waals surface area contributed by atoms with Gasteiger partial charge >= 0.3 is 0 Å². The summed E-state index contributed by atoms with van der Waals surface area (Å²) in [7, 11) is 0. The number of carbonyl (C=O) groups is 3. The van der Waals surface area contributed by atoms with Crippen LogP contribution in [0.15, 0.2) is 36.4 Å². The highest BCUT2D eigenvalue weighted by Crippen LogP contribution is 2.60. The van der Waals surface area contributed by atoms with Gasteiger partial charge in [0.15, 0.2) is 0 Å². The van der Waals surface area contributed by atoms with Crippen LogP contribution in [0.4, 0.5) is 4.79 Å². The van der Waals surface area contributed by atoms with Crippen LogP contribution < -0.4 is 5.32 Å². The SMILES string of the molecule is O=C1N[C@H](C(=O)N2CCC3(CC2)CC3C(=O)N2CCN(CC=Cc3ccccc3)CC2)CS1. The van der Waals surface area contributed by atoms with Crippen LogP contribution in [0.2, 0.25) is 0 Å². The molecule has 1 unspecified atom stereocenters. The summed E-state index contributed by atoms with van der Waals surface area (Å²) in [6, 6.07) is 9.94. The third-order valence-corrected chi connectivity index (χ3v) is 8.57. The molecule has 3 amide bonds. The molecule has 4 aliphatic rings. The third-order valence-electron chi connectivity index (χ3n) is 7.69. The summed E-state index contributed by atoms with van der Waals surface area (Å²) in [4.78, 5) is 43.5. The van der Waals surface area contributed by atoms with E-state index in [1.54, 1.807) is 0 Å². The van der Waals surface area contributed by atoms with Gasteiger partial charge in [-0.05, 0) is 30.2 Å². The van der Waals surface area contributed by atoms with Gasteiger partial charge in [-0.2, -0.15) is 0 Å². The number of likely N-dealkylation sites (tertiary alicyclic amines) is 1. The van der Waals surface area contributed by atoms with Crippen LogP contribution in [0.5, 0.6) is 0 Å². The van der Waals surface area contributed by atoms with Gasteiger partial charge in [-0.15, -0.1) is 0 Å². The second kappa shape index (κ2) is 9.50. The standard InChI is InChI=1S/C25H32N4O3S/c30-22(29-15-13-27(14-16-29)10-4-7-19-5-2-1-3-6-19)20-17-25(20)8-11-28(12-9-25)23(31)21-18-33-24(32)26-21/h1-7,20-21H,8-18H2,(H,26,32)/t20?,21-/m0/s1. The Morgan fingerprint density at radius 2 is 1.70 bits per heavy atom. The van der Waals surface area contributed by atoms with Gasteiger partial charge in [-0.25, -0.2) is 0 Å². The van der Waals surface area contributed by atoms with Gasteiger partial charge in [0.1, 0.15) is 6.04 Å². The van der Waals surface area contributed by atoms with Crippen molar-refractivity contribution in [3.63, 3.8) is 0 Å². The van der Waals surface area contributed by atoms with Crippen molar-refractivity contribution in [3.8, 4) is 0 Å². The van der Waals surface area contributed by atoms with E-state index in [1.165, 1.54) is 17.3 Å². The molecule has 8 heteroatoms. The molecule has 5 rings (SSSR count). The topological polar surface area (TPSA) is 73.0 Å². The van der Waals surface area contributed by atoms with E-state index in [9.17, 15) is 14.4 Å². The number of hydrogen-bond acceptors (Lipinski definition) is 5. The van der Waals surface area contributed by atoms with Crippen molar-refractivity contribution >= 4 is 34.9 Å². The minimum Gasteiger partial charge on any atom is -0.341 e.